The molecule has 68 valence electrons. The molecule has 0 bridgehead atoms. The van der Waals surface area contributed by atoms with Gasteiger partial charge in [-0.05, 0) is 30.1 Å². The fraction of sp³-hybridized carbons (Fsp3) is 0.833. The van der Waals surface area contributed by atoms with Crippen LogP contribution in [-0.2, 0) is 0 Å². The van der Waals surface area contributed by atoms with E-state index in [9.17, 15) is 0 Å². The number of hydrogen-bond donors (Lipinski definition) is 0. The average Bonchev–Trinajstić information content (AvgIpc) is 2.30. The highest BCUT2D eigenvalue weighted by Crippen LogP contribution is 2.56. The fourth-order valence-corrected chi connectivity index (χ4v) is 3.10. The van der Waals surface area contributed by atoms with E-state index in [1.165, 1.54) is 38.5 Å². The molecule has 12 heavy (non-hydrogen) atoms. The van der Waals surface area contributed by atoms with E-state index in [1.807, 2.05) is 0 Å². The van der Waals surface area contributed by atoms with Gasteiger partial charge in [-0.15, -0.1) is 0 Å². The highest BCUT2D eigenvalue weighted by atomic mass is 14.5. The molecule has 0 aliphatic heterocycles. The van der Waals surface area contributed by atoms with Gasteiger partial charge in [0.2, 0.25) is 0 Å². The topological polar surface area (TPSA) is 0 Å². The summed E-state index contributed by atoms with van der Waals surface area (Å²) in [6.07, 6.45) is 13.5. The van der Waals surface area contributed by atoms with Gasteiger partial charge in [0.25, 0.3) is 0 Å². The van der Waals surface area contributed by atoms with E-state index in [0.29, 0.717) is 10.8 Å². The Kier molecular flexibility index (Phi) is 1.82. The molecule has 0 heterocycles. The molecule has 1 saturated carbocycles. The van der Waals surface area contributed by atoms with Crippen LogP contribution in [0.15, 0.2) is 12.2 Å². The van der Waals surface area contributed by atoms with Crippen LogP contribution < -0.4 is 0 Å². The van der Waals surface area contributed by atoms with Gasteiger partial charge in [0, 0.05) is 0 Å². The summed E-state index contributed by atoms with van der Waals surface area (Å²) in [7, 11) is 0. The Morgan fingerprint density at radius 3 is 2.17 bits per heavy atom. The van der Waals surface area contributed by atoms with Crippen molar-refractivity contribution in [2.45, 2.75) is 52.4 Å². The van der Waals surface area contributed by atoms with Gasteiger partial charge in [-0.3, -0.25) is 0 Å². The smallest absolute Gasteiger partial charge is 0.0115 e. The molecule has 0 nitrogen and oxygen atoms in total. The SMILES string of the molecule is CC1(C)C=CCC12CCCCC2. The third-order valence-corrected chi connectivity index (χ3v) is 4.22. The summed E-state index contributed by atoms with van der Waals surface area (Å²) in [5.74, 6) is 0. The van der Waals surface area contributed by atoms with Crippen molar-refractivity contribution in [1.29, 1.82) is 0 Å². The molecule has 0 aromatic heterocycles. The number of hydrogen-bond acceptors (Lipinski definition) is 0. The molecular weight excluding hydrogens is 144 g/mol. The maximum absolute atomic E-state index is 2.44. The van der Waals surface area contributed by atoms with E-state index in [2.05, 4.69) is 26.0 Å². The van der Waals surface area contributed by atoms with Crippen molar-refractivity contribution >= 4 is 0 Å². The largest absolute Gasteiger partial charge is 0.0874 e. The molecule has 2 aliphatic carbocycles. The van der Waals surface area contributed by atoms with Crippen molar-refractivity contribution in [3.63, 3.8) is 0 Å². The Labute approximate surface area is 76.1 Å². The minimum atomic E-state index is 0.480. The molecule has 0 aromatic carbocycles. The molecule has 0 saturated heterocycles. The van der Waals surface area contributed by atoms with Gasteiger partial charge in [-0.2, -0.15) is 0 Å². The van der Waals surface area contributed by atoms with Gasteiger partial charge in [-0.1, -0.05) is 45.3 Å². The molecular formula is C12H20. The molecule has 0 aromatic rings. The van der Waals surface area contributed by atoms with Crippen LogP contribution in [0.2, 0.25) is 0 Å². The van der Waals surface area contributed by atoms with Crippen LogP contribution >= 0.6 is 0 Å². The van der Waals surface area contributed by atoms with Gasteiger partial charge >= 0.3 is 0 Å². The first kappa shape index (κ1) is 8.34. The van der Waals surface area contributed by atoms with Crippen LogP contribution in [0.25, 0.3) is 0 Å². The van der Waals surface area contributed by atoms with Gasteiger partial charge in [0.1, 0.15) is 0 Å². The van der Waals surface area contributed by atoms with Crippen molar-refractivity contribution in [3.05, 3.63) is 12.2 Å². The molecule has 0 unspecified atom stereocenters. The predicted octanol–water partition coefficient (Wildman–Crippen LogP) is 3.92. The predicted molar refractivity (Wildman–Crippen MR) is 53.1 cm³/mol. The Morgan fingerprint density at radius 2 is 1.67 bits per heavy atom. The highest BCUT2D eigenvalue weighted by Gasteiger charge is 2.45. The zero-order valence-electron chi connectivity index (χ0n) is 8.40. The summed E-state index contributed by atoms with van der Waals surface area (Å²) in [6.45, 7) is 4.84. The van der Waals surface area contributed by atoms with Crippen LogP contribution in [0.1, 0.15) is 52.4 Å². The minimum absolute atomic E-state index is 0.480. The third-order valence-electron chi connectivity index (χ3n) is 4.22. The Hall–Kier alpha value is -0.260. The molecule has 0 amide bonds. The summed E-state index contributed by atoms with van der Waals surface area (Å²) in [6, 6.07) is 0. The first-order chi connectivity index (χ1) is 5.66. The van der Waals surface area contributed by atoms with Crippen molar-refractivity contribution in [2.75, 3.05) is 0 Å². The summed E-state index contributed by atoms with van der Waals surface area (Å²) in [5.41, 5.74) is 1.14. The molecule has 0 atom stereocenters. The second-order valence-electron chi connectivity index (χ2n) is 5.17. The highest BCUT2D eigenvalue weighted by molar-refractivity contribution is 5.14. The zero-order valence-corrected chi connectivity index (χ0v) is 8.40. The van der Waals surface area contributed by atoms with Gasteiger partial charge in [0.05, 0.1) is 0 Å². The van der Waals surface area contributed by atoms with Crippen molar-refractivity contribution in [2.24, 2.45) is 10.8 Å². The summed E-state index contributed by atoms with van der Waals surface area (Å²) < 4.78 is 0. The summed E-state index contributed by atoms with van der Waals surface area (Å²) >= 11 is 0. The van der Waals surface area contributed by atoms with Gasteiger partial charge in [0.15, 0.2) is 0 Å². The monoisotopic (exact) mass is 164 g/mol. The lowest BCUT2D eigenvalue weighted by Gasteiger charge is -2.44. The molecule has 0 radical (unpaired) electrons. The van der Waals surface area contributed by atoms with Crippen LogP contribution in [0.5, 0.6) is 0 Å². The van der Waals surface area contributed by atoms with Crippen LogP contribution in [-0.4, -0.2) is 0 Å². The Morgan fingerprint density at radius 1 is 1.00 bits per heavy atom. The van der Waals surface area contributed by atoms with Gasteiger partial charge in [-0.25, -0.2) is 0 Å². The molecule has 0 heteroatoms. The molecule has 0 N–H and O–H groups in total. The van der Waals surface area contributed by atoms with Crippen molar-refractivity contribution < 1.29 is 0 Å². The summed E-state index contributed by atoms with van der Waals surface area (Å²) in [4.78, 5) is 0. The normalized spacial score (nSPS) is 31.2. The van der Waals surface area contributed by atoms with E-state index in [4.69, 9.17) is 0 Å². The maximum atomic E-state index is 2.44. The van der Waals surface area contributed by atoms with E-state index in [0.717, 1.165) is 0 Å². The van der Waals surface area contributed by atoms with Crippen LogP contribution in [0.4, 0.5) is 0 Å². The maximum Gasteiger partial charge on any atom is -0.0115 e. The first-order valence-electron chi connectivity index (χ1n) is 5.34. The Bertz CT molecular complexity index is 192. The molecule has 2 aliphatic rings. The molecule has 1 spiro atoms. The quantitative estimate of drug-likeness (QED) is 0.476. The van der Waals surface area contributed by atoms with E-state index < -0.39 is 0 Å². The standard InChI is InChI=1S/C12H20/c1-11(2)7-6-10-12(11)8-4-3-5-9-12/h6-7H,3-5,8-10H2,1-2H3. The van der Waals surface area contributed by atoms with Crippen LogP contribution in [0.3, 0.4) is 0 Å². The fourth-order valence-electron chi connectivity index (χ4n) is 3.10. The lowest BCUT2D eigenvalue weighted by molar-refractivity contribution is 0.0805. The van der Waals surface area contributed by atoms with Gasteiger partial charge < -0.3 is 0 Å². The van der Waals surface area contributed by atoms with Crippen molar-refractivity contribution in [1.82, 2.24) is 0 Å². The Balaban J connectivity index is 2.20. The van der Waals surface area contributed by atoms with E-state index in [1.54, 1.807) is 0 Å². The lowest BCUT2D eigenvalue weighted by atomic mass is 9.60. The average molecular weight is 164 g/mol. The first-order valence-corrected chi connectivity index (χ1v) is 5.34. The van der Waals surface area contributed by atoms with E-state index >= 15 is 0 Å². The minimum Gasteiger partial charge on any atom is -0.0874 e. The molecule has 1 fully saturated rings. The second-order valence-corrected chi connectivity index (χ2v) is 5.17. The number of allylic oxidation sites excluding steroid dienone is 2. The van der Waals surface area contributed by atoms with Crippen molar-refractivity contribution in [3.8, 4) is 0 Å². The summed E-state index contributed by atoms with van der Waals surface area (Å²) in [5, 5.41) is 0. The lowest BCUT2D eigenvalue weighted by Crippen LogP contribution is -2.34. The second kappa shape index (κ2) is 2.61. The molecule has 2 rings (SSSR count). The van der Waals surface area contributed by atoms with E-state index in [-0.39, 0.29) is 0 Å². The third kappa shape index (κ3) is 1.04. The number of rotatable bonds is 0. The van der Waals surface area contributed by atoms with Crippen LogP contribution in [0, 0.1) is 10.8 Å². The zero-order chi connectivity index (χ0) is 8.66.